The molecule has 0 atom stereocenters. The Hall–Kier alpha value is -2.43. The Labute approximate surface area is 110 Å². The lowest BCUT2D eigenvalue weighted by atomic mass is 10.2. The Kier molecular flexibility index (Phi) is 3.75. The molecule has 0 aliphatic carbocycles. The summed E-state index contributed by atoms with van der Waals surface area (Å²) in [4.78, 5) is 11.6. The van der Waals surface area contributed by atoms with Gasteiger partial charge in [-0.05, 0) is 12.5 Å². The third kappa shape index (κ3) is 2.70. The van der Waals surface area contributed by atoms with Crippen molar-refractivity contribution in [3.63, 3.8) is 0 Å². The Bertz CT molecular complexity index is 575. The molecule has 2 rings (SSSR count). The van der Waals surface area contributed by atoms with Crippen LogP contribution in [0.1, 0.15) is 22.8 Å². The number of carbonyl (C=O) groups excluding carboxylic acids is 1. The molecule has 5 heteroatoms. The van der Waals surface area contributed by atoms with Gasteiger partial charge >= 0.3 is 5.97 Å². The van der Waals surface area contributed by atoms with Gasteiger partial charge < -0.3 is 19.5 Å². The molecule has 2 N–H and O–H groups in total. The van der Waals surface area contributed by atoms with Crippen LogP contribution in [0.25, 0.3) is 0 Å². The predicted octanol–water partition coefficient (Wildman–Crippen LogP) is 2.12. The second-order valence-electron chi connectivity index (χ2n) is 4.05. The number of carbonyl (C=O) groups is 1. The van der Waals surface area contributed by atoms with E-state index in [1.54, 1.807) is 6.92 Å². The largest absolute Gasteiger partial charge is 0.503 e. The molecule has 0 fully saturated rings. The highest BCUT2D eigenvalue weighted by Crippen LogP contribution is 2.32. The molecule has 1 aromatic carbocycles. The van der Waals surface area contributed by atoms with Crippen LogP contribution in [0.2, 0.25) is 0 Å². The Morgan fingerprint density at radius 2 is 1.95 bits per heavy atom. The molecule has 0 aliphatic heterocycles. The van der Waals surface area contributed by atoms with Crippen molar-refractivity contribution in [2.45, 2.75) is 13.5 Å². The first-order valence-corrected chi connectivity index (χ1v) is 5.95. The summed E-state index contributed by atoms with van der Waals surface area (Å²) >= 11 is 0. The van der Waals surface area contributed by atoms with Crippen LogP contribution in [0.15, 0.2) is 36.5 Å². The van der Waals surface area contributed by atoms with Crippen LogP contribution in [0.3, 0.4) is 0 Å². The highest BCUT2D eigenvalue weighted by molar-refractivity contribution is 5.93. The lowest BCUT2D eigenvalue weighted by molar-refractivity contribution is 0.0523. The molecule has 5 nitrogen and oxygen atoms in total. The van der Waals surface area contributed by atoms with Crippen molar-refractivity contribution in [2.75, 3.05) is 6.61 Å². The van der Waals surface area contributed by atoms with E-state index >= 15 is 0 Å². The third-order valence-electron chi connectivity index (χ3n) is 2.72. The zero-order valence-electron chi connectivity index (χ0n) is 10.5. The van der Waals surface area contributed by atoms with Crippen LogP contribution in [-0.2, 0) is 11.3 Å². The van der Waals surface area contributed by atoms with E-state index in [0.29, 0.717) is 6.54 Å². The number of aromatic nitrogens is 1. The molecule has 0 amide bonds. The SMILES string of the molecule is CCOC(=O)c1cn(Cc2ccccc2)c(O)c1O. The van der Waals surface area contributed by atoms with E-state index in [4.69, 9.17) is 4.74 Å². The summed E-state index contributed by atoms with van der Waals surface area (Å²) in [6.45, 7) is 2.25. The fourth-order valence-corrected chi connectivity index (χ4v) is 1.79. The number of hydrogen-bond acceptors (Lipinski definition) is 4. The van der Waals surface area contributed by atoms with Crippen molar-refractivity contribution in [2.24, 2.45) is 0 Å². The second-order valence-corrected chi connectivity index (χ2v) is 4.05. The Balaban J connectivity index is 2.28. The van der Waals surface area contributed by atoms with Gasteiger partial charge in [0.2, 0.25) is 5.88 Å². The number of nitrogens with zero attached hydrogens (tertiary/aromatic N) is 1. The standard InChI is InChI=1S/C14H15NO4/c1-2-19-14(18)11-9-15(13(17)12(11)16)8-10-6-4-3-5-7-10/h3-7,9,16-17H,2,8H2,1H3. The van der Waals surface area contributed by atoms with Gasteiger partial charge in [0.05, 0.1) is 13.2 Å². The van der Waals surface area contributed by atoms with Gasteiger partial charge in [-0.3, -0.25) is 0 Å². The summed E-state index contributed by atoms with van der Waals surface area (Å²) in [5.74, 6) is -1.44. The molecule has 0 radical (unpaired) electrons. The van der Waals surface area contributed by atoms with Gasteiger partial charge in [0.25, 0.3) is 0 Å². The molecule has 19 heavy (non-hydrogen) atoms. The topological polar surface area (TPSA) is 71.7 Å². The highest BCUT2D eigenvalue weighted by atomic mass is 16.5. The van der Waals surface area contributed by atoms with Gasteiger partial charge in [-0.15, -0.1) is 0 Å². The van der Waals surface area contributed by atoms with Gasteiger partial charge in [0, 0.05) is 6.20 Å². The molecular weight excluding hydrogens is 246 g/mol. The predicted molar refractivity (Wildman–Crippen MR) is 69.3 cm³/mol. The van der Waals surface area contributed by atoms with E-state index in [2.05, 4.69) is 0 Å². The first-order chi connectivity index (χ1) is 9.13. The minimum absolute atomic E-state index is 0.0321. The number of aromatic hydroxyl groups is 2. The first kappa shape index (κ1) is 13.0. The number of hydrogen-bond donors (Lipinski definition) is 2. The summed E-state index contributed by atoms with van der Waals surface area (Å²) in [6.07, 6.45) is 1.38. The zero-order valence-corrected chi connectivity index (χ0v) is 10.5. The minimum atomic E-state index is -0.651. The maximum Gasteiger partial charge on any atom is 0.343 e. The van der Waals surface area contributed by atoms with Crippen molar-refractivity contribution in [3.8, 4) is 11.6 Å². The van der Waals surface area contributed by atoms with Crippen molar-refractivity contribution < 1.29 is 19.7 Å². The van der Waals surface area contributed by atoms with E-state index in [1.807, 2.05) is 30.3 Å². The van der Waals surface area contributed by atoms with Crippen LogP contribution >= 0.6 is 0 Å². The normalized spacial score (nSPS) is 10.4. The van der Waals surface area contributed by atoms with Gasteiger partial charge in [0.1, 0.15) is 5.56 Å². The lowest BCUT2D eigenvalue weighted by Crippen LogP contribution is -2.04. The maximum atomic E-state index is 11.6. The van der Waals surface area contributed by atoms with Crippen molar-refractivity contribution in [1.82, 2.24) is 4.57 Å². The third-order valence-corrected chi connectivity index (χ3v) is 2.72. The van der Waals surface area contributed by atoms with Crippen LogP contribution in [-0.4, -0.2) is 27.4 Å². The van der Waals surface area contributed by atoms with Crippen LogP contribution in [0.5, 0.6) is 11.6 Å². The Morgan fingerprint density at radius 1 is 1.26 bits per heavy atom. The van der Waals surface area contributed by atoms with Crippen LogP contribution in [0, 0.1) is 0 Å². The smallest absolute Gasteiger partial charge is 0.343 e. The van der Waals surface area contributed by atoms with Gasteiger partial charge in [-0.1, -0.05) is 30.3 Å². The maximum absolute atomic E-state index is 11.6. The highest BCUT2D eigenvalue weighted by Gasteiger charge is 2.21. The van der Waals surface area contributed by atoms with E-state index in [9.17, 15) is 15.0 Å². The molecule has 0 spiro atoms. The number of benzene rings is 1. The van der Waals surface area contributed by atoms with Crippen molar-refractivity contribution in [1.29, 1.82) is 0 Å². The van der Waals surface area contributed by atoms with Gasteiger partial charge in [0.15, 0.2) is 5.75 Å². The van der Waals surface area contributed by atoms with Crippen LogP contribution < -0.4 is 0 Å². The molecule has 100 valence electrons. The lowest BCUT2D eigenvalue weighted by Gasteiger charge is -2.04. The summed E-state index contributed by atoms with van der Waals surface area (Å²) in [6, 6.07) is 9.42. The summed E-state index contributed by atoms with van der Waals surface area (Å²) in [5, 5.41) is 19.5. The second kappa shape index (κ2) is 5.48. The van der Waals surface area contributed by atoms with E-state index in [-0.39, 0.29) is 18.1 Å². The van der Waals surface area contributed by atoms with E-state index in [1.165, 1.54) is 10.8 Å². The van der Waals surface area contributed by atoms with Gasteiger partial charge in [-0.2, -0.15) is 0 Å². The molecule has 0 saturated carbocycles. The average molecular weight is 261 g/mol. The van der Waals surface area contributed by atoms with Crippen LogP contribution in [0.4, 0.5) is 0 Å². The monoisotopic (exact) mass is 261 g/mol. The Morgan fingerprint density at radius 3 is 2.58 bits per heavy atom. The summed E-state index contributed by atoms with van der Waals surface area (Å²) in [5.41, 5.74) is 0.915. The quantitative estimate of drug-likeness (QED) is 0.827. The molecule has 0 saturated heterocycles. The van der Waals surface area contributed by atoms with E-state index < -0.39 is 11.7 Å². The van der Waals surface area contributed by atoms with E-state index in [0.717, 1.165) is 5.56 Å². The summed E-state index contributed by atoms with van der Waals surface area (Å²) < 4.78 is 6.20. The number of esters is 1. The number of rotatable bonds is 4. The molecule has 1 aromatic heterocycles. The number of ether oxygens (including phenoxy) is 1. The van der Waals surface area contributed by atoms with Crippen molar-refractivity contribution in [3.05, 3.63) is 47.7 Å². The summed E-state index contributed by atoms with van der Waals surface area (Å²) in [7, 11) is 0. The first-order valence-electron chi connectivity index (χ1n) is 5.95. The fraction of sp³-hybridized carbons (Fsp3) is 0.214. The molecule has 0 unspecified atom stereocenters. The van der Waals surface area contributed by atoms with Crippen molar-refractivity contribution >= 4 is 5.97 Å². The molecular formula is C14H15NO4. The average Bonchev–Trinajstić information content (AvgIpc) is 2.69. The van der Waals surface area contributed by atoms with Gasteiger partial charge in [-0.25, -0.2) is 4.79 Å². The fourth-order valence-electron chi connectivity index (χ4n) is 1.79. The molecule has 0 bridgehead atoms. The minimum Gasteiger partial charge on any atom is -0.503 e. The zero-order chi connectivity index (χ0) is 13.8. The molecule has 0 aliphatic rings. The molecule has 2 aromatic rings. The molecule has 1 heterocycles.